The molecule has 0 N–H and O–H groups in total. The van der Waals surface area contributed by atoms with Crippen LogP contribution >= 0.6 is 0 Å². The summed E-state index contributed by atoms with van der Waals surface area (Å²) in [6.45, 7) is 6.62. The molecule has 2 aromatic carbocycles. The van der Waals surface area contributed by atoms with Crippen LogP contribution in [-0.4, -0.2) is 22.8 Å². The second-order valence-corrected chi connectivity index (χ2v) is 7.03. The van der Waals surface area contributed by atoms with E-state index >= 15 is 0 Å². The fourth-order valence-electron chi connectivity index (χ4n) is 3.78. The van der Waals surface area contributed by atoms with Crippen LogP contribution in [0.5, 0.6) is 5.75 Å². The highest BCUT2D eigenvalue weighted by atomic mass is 16.5. The van der Waals surface area contributed by atoms with Gasteiger partial charge in [0.2, 0.25) is 0 Å². The van der Waals surface area contributed by atoms with Crippen molar-refractivity contribution >= 4 is 11.0 Å². The summed E-state index contributed by atoms with van der Waals surface area (Å²) in [5.41, 5.74) is 4.62. The van der Waals surface area contributed by atoms with E-state index in [0.717, 1.165) is 49.5 Å². The summed E-state index contributed by atoms with van der Waals surface area (Å²) in [4.78, 5) is 4.86. The smallest absolute Gasteiger partial charge is 0.139 e. The Morgan fingerprint density at radius 3 is 2.69 bits per heavy atom. The molecule has 4 heteroatoms. The van der Waals surface area contributed by atoms with Crippen LogP contribution in [0.4, 0.5) is 0 Å². The number of benzene rings is 2. The molecule has 1 aliphatic heterocycles. The van der Waals surface area contributed by atoms with Crippen molar-refractivity contribution in [3.63, 3.8) is 0 Å². The minimum atomic E-state index is 0.127. The topological polar surface area (TPSA) is 36.3 Å². The summed E-state index contributed by atoms with van der Waals surface area (Å²) in [5, 5.41) is 0. The van der Waals surface area contributed by atoms with Gasteiger partial charge in [-0.25, -0.2) is 4.98 Å². The number of hydrogen-bond donors (Lipinski definition) is 0. The lowest BCUT2D eigenvalue weighted by Crippen LogP contribution is -2.11. The third-order valence-corrected chi connectivity index (χ3v) is 5.08. The quantitative estimate of drug-likeness (QED) is 0.589. The van der Waals surface area contributed by atoms with E-state index in [1.165, 1.54) is 16.6 Å². The Kier molecular flexibility index (Phi) is 4.93. The summed E-state index contributed by atoms with van der Waals surface area (Å²) < 4.78 is 14.3. The molecule has 0 spiro atoms. The van der Waals surface area contributed by atoms with Crippen LogP contribution < -0.4 is 4.74 Å². The van der Waals surface area contributed by atoms with Gasteiger partial charge in [0.05, 0.1) is 17.6 Å². The molecule has 4 rings (SSSR count). The summed E-state index contributed by atoms with van der Waals surface area (Å²) in [6.07, 6.45) is 3.24. The number of ether oxygens (including phenoxy) is 2. The van der Waals surface area contributed by atoms with Crippen molar-refractivity contribution in [3.05, 3.63) is 59.4 Å². The maximum absolute atomic E-state index is 6.08. The van der Waals surface area contributed by atoms with Crippen molar-refractivity contribution in [2.45, 2.75) is 45.8 Å². The van der Waals surface area contributed by atoms with Crippen LogP contribution in [0.1, 0.15) is 42.3 Å². The molecular weight excluding hydrogens is 324 g/mol. The SMILES string of the molecule is Cc1cccc(C)c1OCCCn1c(C2CCCO2)nc2ccccc21. The normalized spacial score (nSPS) is 17.1. The zero-order valence-electron chi connectivity index (χ0n) is 15.6. The predicted molar refractivity (Wildman–Crippen MR) is 104 cm³/mol. The predicted octanol–water partition coefficient (Wildman–Crippen LogP) is 4.97. The van der Waals surface area contributed by atoms with Crippen LogP contribution in [0.3, 0.4) is 0 Å². The number of fused-ring (bicyclic) bond motifs is 1. The Labute approximate surface area is 154 Å². The van der Waals surface area contributed by atoms with Crippen molar-refractivity contribution in [1.29, 1.82) is 0 Å². The van der Waals surface area contributed by atoms with Crippen LogP contribution in [0.2, 0.25) is 0 Å². The molecule has 3 aromatic rings. The minimum absolute atomic E-state index is 0.127. The highest BCUT2D eigenvalue weighted by Gasteiger charge is 2.24. The van der Waals surface area contributed by atoms with Crippen LogP contribution in [0, 0.1) is 13.8 Å². The van der Waals surface area contributed by atoms with E-state index in [1.54, 1.807) is 0 Å². The molecule has 1 fully saturated rings. The molecule has 0 aliphatic carbocycles. The van der Waals surface area contributed by atoms with Crippen LogP contribution in [-0.2, 0) is 11.3 Å². The van der Waals surface area contributed by atoms with E-state index in [4.69, 9.17) is 14.5 Å². The van der Waals surface area contributed by atoms with Gasteiger partial charge in [0.1, 0.15) is 17.7 Å². The fourth-order valence-corrected chi connectivity index (χ4v) is 3.78. The van der Waals surface area contributed by atoms with Crippen molar-refractivity contribution in [3.8, 4) is 5.75 Å². The molecule has 4 nitrogen and oxygen atoms in total. The van der Waals surface area contributed by atoms with Gasteiger partial charge in [-0.15, -0.1) is 0 Å². The third kappa shape index (κ3) is 3.34. The zero-order chi connectivity index (χ0) is 17.9. The number of para-hydroxylation sites is 3. The molecule has 0 amide bonds. The lowest BCUT2D eigenvalue weighted by Gasteiger charge is -2.15. The fraction of sp³-hybridized carbons (Fsp3) is 0.409. The standard InChI is InChI=1S/C22H26N2O2/c1-16-8-5-9-17(2)21(16)26-15-7-13-24-19-11-4-3-10-18(19)23-22(24)20-12-6-14-25-20/h3-5,8-11,20H,6-7,12-15H2,1-2H3. The second-order valence-electron chi connectivity index (χ2n) is 7.03. The van der Waals surface area contributed by atoms with E-state index in [1.807, 2.05) is 6.07 Å². The minimum Gasteiger partial charge on any atom is -0.493 e. The molecule has 26 heavy (non-hydrogen) atoms. The van der Waals surface area contributed by atoms with Crippen molar-refractivity contribution in [1.82, 2.24) is 9.55 Å². The summed E-state index contributed by atoms with van der Waals surface area (Å²) in [7, 11) is 0. The van der Waals surface area contributed by atoms with Gasteiger partial charge in [-0.1, -0.05) is 30.3 Å². The van der Waals surface area contributed by atoms with Crippen molar-refractivity contribution in [2.24, 2.45) is 0 Å². The first-order valence-electron chi connectivity index (χ1n) is 9.50. The molecule has 1 atom stereocenters. The highest BCUT2D eigenvalue weighted by Crippen LogP contribution is 2.31. The molecular formula is C22H26N2O2. The molecule has 136 valence electrons. The number of nitrogens with zero attached hydrogens (tertiary/aromatic N) is 2. The van der Waals surface area contributed by atoms with Gasteiger partial charge in [-0.05, 0) is 56.4 Å². The Morgan fingerprint density at radius 2 is 1.92 bits per heavy atom. The Balaban J connectivity index is 1.49. The van der Waals surface area contributed by atoms with E-state index in [0.29, 0.717) is 6.61 Å². The average molecular weight is 350 g/mol. The summed E-state index contributed by atoms with van der Waals surface area (Å²) >= 11 is 0. The van der Waals surface area contributed by atoms with E-state index in [2.05, 4.69) is 54.8 Å². The molecule has 1 unspecified atom stereocenters. The Morgan fingerprint density at radius 1 is 1.12 bits per heavy atom. The molecule has 0 bridgehead atoms. The van der Waals surface area contributed by atoms with Crippen molar-refractivity contribution < 1.29 is 9.47 Å². The monoisotopic (exact) mass is 350 g/mol. The van der Waals surface area contributed by atoms with Crippen molar-refractivity contribution in [2.75, 3.05) is 13.2 Å². The first-order valence-corrected chi connectivity index (χ1v) is 9.50. The number of aromatic nitrogens is 2. The maximum atomic E-state index is 6.08. The van der Waals surface area contributed by atoms with Crippen LogP contribution in [0.15, 0.2) is 42.5 Å². The largest absolute Gasteiger partial charge is 0.493 e. The van der Waals surface area contributed by atoms with E-state index in [-0.39, 0.29) is 6.10 Å². The number of aryl methyl sites for hydroxylation is 3. The Hall–Kier alpha value is -2.33. The maximum Gasteiger partial charge on any atom is 0.139 e. The molecule has 2 heterocycles. The average Bonchev–Trinajstić information content (AvgIpc) is 3.28. The highest BCUT2D eigenvalue weighted by molar-refractivity contribution is 5.76. The third-order valence-electron chi connectivity index (χ3n) is 5.08. The molecule has 0 saturated carbocycles. The van der Waals surface area contributed by atoms with Gasteiger partial charge < -0.3 is 14.0 Å². The van der Waals surface area contributed by atoms with Gasteiger partial charge >= 0.3 is 0 Å². The van der Waals surface area contributed by atoms with Gasteiger partial charge in [0.25, 0.3) is 0 Å². The van der Waals surface area contributed by atoms with Gasteiger partial charge in [0.15, 0.2) is 0 Å². The van der Waals surface area contributed by atoms with E-state index in [9.17, 15) is 0 Å². The second kappa shape index (κ2) is 7.50. The van der Waals surface area contributed by atoms with Gasteiger partial charge in [0, 0.05) is 13.2 Å². The lowest BCUT2D eigenvalue weighted by atomic mass is 10.1. The van der Waals surface area contributed by atoms with E-state index < -0.39 is 0 Å². The van der Waals surface area contributed by atoms with Crippen LogP contribution in [0.25, 0.3) is 11.0 Å². The number of imidazole rings is 1. The number of rotatable bonds is 6. The molecule has 1 saturated heterocycles. The first-order chi connectivity index (χ1) is 12.7. The molecule has 0 radical (unpaired) electrons. The summed E-state index contributed by atoms with van der Waals surface area (Å²) in [5.74, 6) is 2.08. The molecule has 1 aromatic heterocycles. The summed E-state index contributed by atoms with van der Waals surface area (Å²) in [6, 6.07) is 14.6. The van der Waals surface area contributed by atoms with Gasteiger partial charge in [-0.2, -0.15) is 0 Å². The number of hydrogen-bond acceptors (Lipinski definition) is 3. The zero-order valence-corrected chi connectivity index (χ0v) is 15.6. The molecule has 1 aliphatic rings. The first kappa shape index (κ1) is 17.1. The van der Waals surface area contributed by atoms with Gasteiger partial charge in [-0.3, -0.25) is 0 Å². The Bertz CT molecular complexity index is 874. The lowest BCUT2D eigenvalue weighted by molar-refractivity contribution is 0.102.